The van der Waals surface area contributed by atoms with Crippen LogP contribution in [-0.4, -0.2) is 40.0 Å². The van der Waals surface area contributed by atoms with Crippen molar-refractivity contribution in [1.82, 2.24) is 9.88 Å². The first-order chi connectivity index (χ1) is 10.4. The maximum atomic E-state index is 13.7. The molecule has 0 saturated carbocycles. The third kappa shape index (κ3) is 3.22. The average molecular weight is 306 g/mol. The van der Waals surface area contributed by atoms with Gasteiger partial charge in [0.05, 0.1) is 18.2 Å². The van der Waals surface area contributed by atoms with Gasteiger partial charge in [-0.15, -0.1) is 0 Å². The topological polar surface area (TPSA) is 53.4 Å². The third-order valence-corrected chi connectivity index (χ3v) is 3.90. The molecule has 0 spiro atoms. The second kappa shape index (κ2) is 5.61. The summed E-state index contributed by atoms with van der Waals surface area (Å²) in [7, 11) is 0. The number of pyridine rings is 1. The molecular weight excluding hydrogens is 290 g/mol. The Balaban J connectivity index is 1.79. The van der Waals surface area contributed by atoms with E-state index < -0.39 is 30.8 Å². The second-order valence-corrected chi connectivity index (χ2v) is 5.79. The van der Waals surface area contributed by atoms with E-state index in [9.17, 15) is 13.6 Å². The van der Waals surface area contributed by atoms with Crippen LogP contribution < -0.4 is 0 Å². The number of carbonyl (C=O) groups is 1. The lowest BCUT2D eigenvalue weighted by Crippen LogP contribution is -2.48. The van der Waals surface area contributed by atoms with Crippen molar-refractivity contribution in [2.24, 2.45) is 5.92 Å². The molecule has 1 saturated heterocycles. The van der Waals surface area contributed by atoms with E-state index in [1.165, 1.54) is 4.90 Å². The zero-order chi connectivity index (χ0) is 15.7. The number of carboxylic acids is 1. The van der Waals surface area contributed by atoms with Crippen LogP contribution in [0.4, 0.5) is 8.78 Å². The summed E-state index contributed by atoms with van der Waals surface area (Å²) in [6.07, 6.45) is 1.12. The van der Waals surface area contributed by atoms with E-state index in [0.717, 1.165) is 10.8 Å². The largest absolute Gasteiger partial charge is 0.481 e. The Labute approximate surface area is 126 Å². The monoisotopic (exact) mass is 306 g/mol. The summed E-state index contributed by atoms with van der Waals surface area (Å²) in [6, 6.07) is 9.54. The lowest BCUT2D eigenvalue weighted by molar-refractivity contribution is -0.153. The maximum Gasteiger partial charge on any atom is 0.308 e. The number of likely N-dealkylation sites (tertiary alicyclic amines) is 1. The molecular formula is C16H16F2N2O2. The summed E-state index contributed by atoms with van der Waals surface area (Å²) < 4.78 is 27.4. The fourth-order valence-corrected chi connectivity index (χ4v) is 2.92. The molecule has 0 radical (unpaired) electrons. The van der Waals surface area contributed by atoms with Gasteiger partial charge in [-0.25, -0.2) is 8.78 Å². The van der Waals surface area contributed by atoms with Gasteiger partial charge < -0.3 is 5.11 Å². The van der Waals surface area contributed by atoms with Crippen molar-refractivity contribution in [3.05, 3.63) is 42.2 Å². The Kier molecular flexibility index (Phi) is 3.78. The highest BCUT2D eigenvalue weighted by Crippen LogP contribution is 2.31. The first-order valence-corrected chi connectivity index (χ1v) is 7.10. The predicted octanol–water partition coefficient (Wildman–Crippen LogP) is 2.78. The number of nitrogens with zero attached hydrogens (tertiary/aromatic N) is 2. The highest BCUT2D eigenvalue weighted by molar-refractivity contribution is 5.81. The van der Waals surface area contributed by atoms with E-state index >= 15 is 0 Å². The summed E-state index contributed by atoms with van der Waals surface area (Å²) in [5, 5.41) is 11.0. The molecule has 1 aliphatic rings. The molecule has 1 unspecified atom stereocenters. The molecule has 116 valence electrons. The van der Waals surface area contributed by atoms with Crippen LogP contribution in [0.25, 0.3) is 10.8 Å². The summed E-state index contributed by atoms with van der Waals surface area (Å²) in [6.45, 7) is -0.0745. The molecule has 1 aliphatic heterocycles. The zero-order valence-electron chi connectivity index (χ0n) is 11.9. The molecule has 1 N–H and O–H groups in total. The molecule has 0 amide bonds. The minimum atomic E-state index is -2.97. The number of benzene rings is 1. The Morgan fingerprint density at radius 1 is 1.36 bits per heavy atom. The lowest BCUT2D eigenvalue weighted by atomic mass is 9.95. The summed E-state index contributed by atoms with van der Waals surface area (Å²) in [4.78, 5) is 16.8. The molecule has 6 heteroatoms. The number of halogens is 2. The molecule has 1 fully saturated rings. The van der Waals surface area contributed by atoms with E-state index in [0.29, 0.717) is 5.69 Å². The standard InChI is InChI=1S/C16H16F2N2O2/c17-16(18)6-13(15(21)22)8-20(10-16)9-14-5-11-3-1-2-4-12(11)7-19-14/h1-5,7,13H,6,8-10H2,(H,21,22). The fraction of sp³-hybridized carbons (Fsp3) is 0.375. The first-order valence-electron chi connectivity index (χ1n) is 7.10. The van der Waals surface area contributed by atoms with Gasteiger partial charge in [0.15, 0.2) is 0 Å². The van der Waals surface area contributed by atoms with Gasteiger partial charge in [0.25, 0.3) is 5.92 Å². The molecule has 4 nitrogen and oxygen atoms in total. The number of hydrogen-bond acceptors (Lipinski definition) is 3. The van der Waals surface area contributed by atoms with E-state index in [4.69, 9.17) is 5.11 Å². The van der Waals surface area contributed by atoms with Gasteiger partial charge in [0.1, 0.15) is 0 Å². The molecule has 0 aliphatic carbocycles. The van der Waals surface area contributed by atoms with Gasteiger partial charge in [-0.3, -0.25) is 14.7 Å². The predicted molar refractivity (Wildman–Crippen MR) is 77.7 cm³/mol. The highest BCUT2D eigenvalue weighted by Gasteiger charge is 2.42. The van der Waals surface area contributed by atoms with Crippen LogP contribution in [0.2, 0.25) is 0 Å². The molecule has 3 rings (SSSR count). The van der Waals surface area contributed by atoms with Gasteiger partial charge >= 0.3 is 5.97 Å². The minimum Gasteiger partial charge on any atom is -0.481 e. The van der Waals surface area contributed by atoms with Crippen LogP contribution in [0.15, 0.2) is 36.5 Å². The fourth-order valence-electron chi connectivity index (χ4n) is 2.92. The van der Waals surface area contributed by atoms with Gasteiger partial charge in [-0.2, -0.15) is 0 Å². The Hall–Kier alpha value is -2.08. The van der Waals surface area contributed by atoms with E-state index in [-0.39, 0.29) is 13.1 Å². The van der Waals surface area contributed by atoms with Gasteiger partial charge in [0, 0.05) is 31.1 Å². The molecule has 1 aromatic carbocycles. The molecule has 2 aromatic rings. The number of aliphatic carboxylic acids is 1. The molecule has 22 heavy (non-hydrogen) atoms. The van der Waals surface area contributed by atoms with E-state index in [1.807, 2.05) is 30.3 Å². The normalized spacial score (nSPS) is 21.8. The molecule has 1 aromatic heterocycles. The van der Waals surface area contributed by atoms with Crippen LogP contribution in [0.3, 0.4) is 0 Å². The van der Waals surface area contributed by atoms with Crippen molar-refractivity contribution in [3.8, 4) is 0 Å². The number of hydrogen-bond donors (Lipinski definition) is 1. The summed E-state index contributed by atoms with van der Waals surface area (Å²) >= 11 is 0. The van der Waals surface area contributed by atoms with Crippen LogP contribution >= 0.6 is 0 Å². The van der Waals surface area contributed by atoms with E-state index in [2.05, 4.69) is 4.98 Å². The molecule has 0 bridgehead atoms. The van der Waals surface area contributed by atoms with Crippen molar-refractivity contribution in [2.75, 3.05) is 13.1 Å². The lowest BCUT2D eigenvalue weighted by Gasteiger charge is -2.35. The number of piperidine rings is 1. The van der Waals surface area contributed by atoms with Crippen LogP contribution in [0.5, 0.6) is 0 Å². The van der Waals surface area contributed by atoms with Crippen molar-refractivity contribution in [3.63, 3.8) is 0 Å². The van der Waals surface area contributed by atoms with Gasteiger partial charge in [-0.1, -0.05) is 24.3 Å². The first kappa shape index (κ1) is 14.8. The highest BCUT2D eigenvalue weighted by atomic mass is 19.3. The quantitative estimate of drug-likeness (QED) is 0.947. The summed E-state index contributed by atoms with van der Waals surface area (Å²) in [5.41, 5.74) is 0.667. The van der Waals surface area contributed by atoms with Crippen LogP contribution in [0.1, 0.15) is 12.1 Å². The summed E-state index contributed by atoms with van der Waals surface area (Å²) in [5.74, 6) is -5.18. The Morgan fingerprint density at radius 2 is 2.09 bits per heavy atom. The van der Waals surface area contributed by atoms with E-state index in [1.54, 1.807) is 6.20 Å². The Morgan fingerprint density at radius 3 is 2.82 bits per heavy atom. The van der Waals surface area contributed by atoms with Gasteiger partial charge in [-0.05, 0) is 11.5 Å². The minimum absolute atomic E-state index is 0.124. The smallest absolute Gasteiger partial charge is 0.308 e. The zero-order valence-corrected chi connectivity index (χ0v) is 11.9. The second-order valence-electron chi connectivity index (χ2n) is 5.79. The van der Waals surface area contributed by atoms with Crippen molar-refractivity contribution >= 4 is 16.7 Å². The van der Waals surface area contributed by atoms with Crippen LogP contribution in [0, 0.1) is 5.92 Å². The molecule has 2 heterocycles. The number of fused-ring (bicyclic) bond motifs is 1. The maximum absolute atomic E-state index is 13.7. The van der Waals surface area contributed by atoms with Crippen molar-refractivity contribution in [2.45, 2.75) is 18.9 Å². The third-order valence-electron chi connectivity index (χ3n) is 3.90. The van der Waals surface area contributed by atoms with Gasteiger partial charge in [0.2, 0.25) is 0 Å². The SMILES string of the molecule is O=C(O)C1CN(Cc2cc3ccccc3cn2)CC(F)(F)C1. The van der Waals surface area contributed by atoms with Crippen molar-refractivity contribution in [1.29, 1.82) is 0 Å². The Bertz CT molecular complexity index is 705. The molecule has 1 atom stereocenters. The van der Waals surface area contributed by atoms with Crippen LogP contribution in [-0.2, 0) is 11.3 Å². The number of alkyl halides is 2. The van der Waals surface area contributed by atoms with Crippen molar-refractivity contribution < 1.29 is 18.7 Å². The number of carboxylic acid groups (broad SMARTS) is 1. The number of aromatic nitrogens is 1. The number of rotatable bonds is 3. The average Bonchev–Trinajstić information content (AvgIpc) is 2.45.